The van der Waals surface area contributed by atoms with Crippen LogP contribution in [0.1, 0.15) is 36.0 Å². The third-order valence-corrected chi connectivity index (χ3v) is 4.12. The molecule has 2 N–H and O–H groups in total. The van der Waals surface area contributed by atoms with Gasteiger partial charge in [0.2, 0.25) is 0 Å². The van der Waals surface area contributed by atoms with Crippen LogP contribution in [0.5, 0.6) is 0 Å². The maximum Gasteiger partial charge on any atom is 0.251 e. The molecule has 1 saturated carbocycles. The van der Waals surface area contributed by atoms with Crippen molar-refractivity contribution in [3.8, 4) is 5.69 Å². The van der Waals surface area contributed by atoms with Crippen molar-refractivity contribution < 1.29 is 9.90 Å². The number of nitrogens with one attached hydrogen (secondary N) is 1. The van der Waals surface area contributed by atoms with Gasteiger partial charge in [-0.05, 0) is 49.4 Å². The minimum absolute atomic E-state index is 0.0785. The number of amides is 1. The zero-order valence-corrected chi connectivity index (χ0v) is 12.4. The van der Waals surface area contributed by atoms with Crippen molar-refractivity contribution in [2.24, 2.45) is 5.92 Å². The van der Waals surface area contributed by atoms with Gasteiger partial charge in [0.05, 0.1) is 11.8 Å². The lowest BCUT2D eigenvalue weighted by atomic mass is 9.87. The summed E-state index contributed by atoms with van der Waals surface area (Å²) in [6.45, 7) is 0.626. The summed E-state index contributed by atoms with van der Waals surface area (Å²) in [4.78, 5) is 16.1. The summed E-state index contributed by atoms with van der Waals surface area (Å²) in [5.74, 6) is 0.298. The molecule has 1 heterocycles. The highest BCUT2D eigenvalue weighted by Crippen LogP contribution is 2.23. The first-order valence-electron chi connectivity index (χ1n) is 7.63. The molecule has 6 heteroatoms. The Hall–Kier alpha value is -2.21. The minimum Gasteiger partial charge on any atom is -0.393 e. The largest absolute Gasteiger partial charge is 0.393 e. The fraction of sp³-hybridized carbons (Fsp3) is 0.438. The maximum atomic E-state index is 12.2. The van der Waals surface area contributed by atoms with Gasteiger partial charge in [-0.2, -0.15) is 5.10 Å². The summed E-state index contributed by atoms with van der Waals surface area (Å²) in [7, 11) is 0. The van der Waals surface area contributed by atoms with Crippen molar-refractivity contribution in [1.29, 1.82) is 0 Å². The van der Waals surface area contributed by atoms with Gasteiger partial charge in [0.25, 0.3) is 5.91 Å². The Kier molecular flexibility index (Phi) is 4.48. The highest BCUT2D eigenvalue weighted by molar-refractivity contribution is 5.94. The third-order valence-electron chi connectivity index (χ3n) is 4.12. The van der Waals surface area contributed by atoms with E-state index >= 15 is 0 Å². The Morgan fingerprint density at radius 2 is 2.14 bits per heavy atom. The minimum atomic E-state index is -0.211. The summed E-state index contributed by atoms with van der Waals surface area (Å²) in [6.07, 6.45) is 6.65. The fourth-order valence-electron chi connectivity index (χ4n) is 2.89. The van der Waals surface area contributed by atoms with Crippen LogP contribution in [0, 0.1) is 5.92 Å². The van der Waals surface area contributed by atoms with Crippen LogP contribution >= 0.6 is 0 Å². The van der Waals surface area contributed by atoms with Gasteiger partial charge >= 0.3 is 0 Å². The van der Waals surface area contributed by atoms with Gasteiger partial charge in [-0.25, -0.2) is 9.67 Å². The van der Waals surface area contributed by atoms with Crippen LogP contribution in [0.4, 0.5) is 0 Å². The van der Waals surface area contributed by atoms with Gasteiger partial charge < -0.3 is 10.4 Å². The summed E-state index contributed by atoms with van der Waals surface area (Å²) in [5.41, 5.74) is 1.49. The molecular weight excluding hydrogens is 280 g/mol. The van der Waals surface area contributed by atoms with Crippen LogP contribution < -0.4 is 5.32 Å². The van der Waals surface area contributed by atoms with Crippen molar-refractivity contribution in [2.75, 3.05) is 6.54 Å². The Balaban J connectivity index is 1.56. The molecule has 2 atom stereocenters. The topological polar surface area (TPSA) is 80.0 Å². The van der Waals surface area contributed by atoms with Crippen LogP contribution in [-0.4, -0.2) is 38.4 Å². The summed E-state index contributed by atoms with van der Waals surface area (Å²) < 4.78 is 1.64. The molecule has 0 radical (unpaired) electrons. The van der Waals surface area contributed by atoms with Crippen LogP contribution in [-0.2, 0) is 0 Å². The Labute approximate surface area is 129 Å². The van der Waals surface area contributed by atoms with Crippen molar-refractivity contribution in [3.63, 3.8) is 0 Å². The zero-order chi connectivity index (χ0) is 15.4. The number of aliphatic hydroxyl groups is 1. The number of nitrogens with zero attached hydrogens (tertiary/aromatic N) is 3. The second kappa shape index (κ2) is 6.70. The first-order chi connectivity index (χ1) is 10.7. The molecule has 0 saturated heterocycles. The monoisotopic (exact) mass is 300 g/mol. The van der Waals surface area contributed by atoms with Gasteiger partial charge in [-0.1, -0.05) is 6.42 Å². The smallest absolute Gasteiger partial charge is 0.251 e. The van der Waals surface area contributed by atoms with Gasteiger partial charge in [-0.3, -0.25) is 4.79 Å². The predicted octanol–water partition coefficient (Wildman–Crippen LogP) is 1.55. The number of carbonyl (C=O) groups excluding carboxylic acids is 1. The molecule has 0 aliphatic heterocycles. The van der Waals surface area contributed by atoms with E-state index in [9.17, 15) is 9.90 Å². The highest BCUT2D eigenvalue weighted by atomic mass is 16.3. The van der Waals surface area contributed by atoms with Crippen molar-refractivity contribution in [1.82, 2.24) is 20.1 Å². The van der Waals surface area contributed by atoms with Crippen LogP contribution in [0.2, 0.25) is 0 Å². The molecule has 0 bridgehead atoms. The van der Waals surface area contributed by atoms with Crippen LogP contribution in [0.3, 0.4) is 0 Å². The van der Waals surface area contributed by atoms with E-state index in [0.29, 0.717) is 18.0 Å². The predicted molar refractivity (Wildman–Crippen MR) is 81.7 cm³/mol. The number of aromatic nitrogens is 3. The number of hydrogen-bond acceptors (Lipinski definition) is 4. The maximum absolute atomic E-state index is 12.2. The Morgan fingerprint density at radius 1 is 1.32 bits per heavy atom. The van der Waals surface area contributed by atoms with E-state index in [1.54, 1.807) is 23.1 Å². The normalized spacial score (nSPS) is 21.5. The first kappa shape index (κ1) is 14.7. The standard InChI is InChI=1S/C16H20N4O2/c21-15-3-1-2-12(8-15)9-18-16(22)13-4-6-14(7-5-13)20-11-17-10-19-20/h4-7,10-12,15,21H,1-3,8-9H2,(H,18,22). The lowest BCUT2D eigenvalue weighted by molar-refractivity contribution is 0.0874. The highest BCUT2D eigenvalue weighted by Gasteiger charge is 2.20. The van der Waals surface area contributed by atoms with Crippen LogP contribution in [0.25, 0.3) is 5.69 Å². The van der Waals surface area contributed by atoms with E-state index in [-0.39, 0.29) is 12.0 Å². The van der Waals surface area contributed by atoms with E-state index in [1.165, 1.54) is 6.33 Å². The molecule has 1 fully saturated rings. The second-order valence-electron chi connectivity index (χ2n) is 5.78. The van der Waals surface area contributed by atoms with E-state index in [1.807, 2.05) is 12.1 Å². The number of rotatable bonds is 4. The lowest BCUT2D eigenvalue weighted by Gasteiger charge is -2.25. The Bertz CT molecular complexity index is 610. The van der Waals surface area contributed by atoms with E-state index < -0.39 is 0 Å². The molecule has 6 nitrogen and oxygen atoms in total. The zero-order valence-electron chi connectivity index (χ0n) is 12.4. The quantitative estimate of drug-likeness (QED) is 0.898. The van der Waals surface area contributed by atoms with E-state index in [0.717, 1.165) is 31.4 Å². The van der Waals surface area contributed by atoms with E-state index in [4.69, 9.17) is 0 Å². The summed E-state index contributed by atoms with van der Waals surface area (Å²) in [5, 5.41) is 16.7. The second-order valence-corrected chi connectivity index (χ2v) is 5.78. The lowest BCUT2D eigenvalue weighted by Crippen LogP contribution is -2.32. The molecule has 2 aromatic rings. The number of aliphatic hydroxyl groups excluding tert-OH is 1. The molecule has 1 aromatic carbocycles. The molecule has 1 aliphatic carbocycles. The first-order valence-corrected chi connectivity index (χ1v) is 7.63. The van der Waals surface area contributed by atoms with Crippen molar-refractivity contribution >= 4 is 5.91 Å². The van der Waals surface area contributed by atoms with Gasteiger partial charge in [-0.15, -0.1) is 0 Å². The number of hydrogen-bond donors (Lipinski definition) is 2. The molecule has 1 amide bonds. The van der Waals surface area contributed by atoms with E-state index in [2.05, 4.69) is 15.4 Å². The molecule has 1 aliphatic rings. The molecule has 1 aromatic heterocycles. The average Bonchev–Trinajstić information content (AvgIpc) is 3.07. The molecule has 3 rings (SSSR count). The van der Waals surface area contributed by atoms with Gasteiger partial charge in [0, 0.05) is 12.1 Å². The van der Waals surface area contributed by atoms with Crippen molar-refractivity contribution in [2.45, 2.75) is 31.8 Å². The average molecular weight is 300 g/mol. The summed E-state index contributed by atoms with van der Waals surface area (Å²) >= 11 is 0. The molecule has 2 unspecified atom stereocenters. The molecular formula is C16H20N4O2. The number of carbonyl (C=O) groups is 1. The SMILES string of the molecule is O=C(NCC1CCCC(O)C1)c1ccc(-n2cncn2)cc1. The summed E-state index contributed by atoms with van der Waals surface area (Å²) in [6, 6.07) is 7.24. The molecule has 116 valence electrons. The van der Waals surface area contributed by atoms with Gasteiger partial charge in [0.15, 0.2) is 0 Å². The van der Waals surface area contributed by atoms with Crippen LogP contribution in [0.15, 0.2) is 36.9 Å². The van der Waals surface area contributed by atoms with Gasteiger partial charge in [0.1, 0.15) is 12.7 Å². The molecule has 0 spiro atoms. The third kappa shape index (κ3) is 3.51. The Morgan fingerprint density at radius 3 is 2.82 bits per heavy atom. The number of benzene rings is 1. The molecule has 22 heavy (non-hydrogen) atoms. The van der Waals surface area contributed by atoms with Crippen molar-refractivity contribution in [3.05, 3.63) is 42.5 Å². The fourth-order valence-corrected chi connectivity index (χ4v) is 2.89.